The van der Waals surface area contributed by atoms with Crippen LogP contribution in [-0.4, -0.2) is 40.2 Å². The number of fused-ring (bicyclic) bond motifs is 1. The lowest BCUT2D eigenvalue weighted by molar-refractivity contribution is 0.0730. The third-order valence-electron chi connectivity index (χ3n) is 4.70. The maximum absolute atomic E-state index is 12.8. The van der Waals surface area contributed by atoms with E-state index in [-0.39, 0.29) is 11.7 Å². The van der Waals surface area contributed by atoms with Crippen LogP contribution in [0.5, 0.6) is 11.5 Å². The van der Waals surface area contributed by atoms with Crippen LogP contribution in [0.25, 0.3) is 0 Å². The zero-order valence-corrected chi connectivity index (χ0v) is 15.2. The molecule has 1 amide bonds. The van der Waals surface area contributed by atoms with Gasteiger partial charge in [0.25, 0.3) is 11.5 Å². The van der Waals surface area contributed by atoms with Gasteiger partial charge >= 0.3 is 5.69 Å². The summed E-state index contributed by atoms with van der Waals surface area (Å²) in [5, 5.41) is 0. The van der Waals surface area contributed by atoms with E-state index in [2.05, 4.69) is 0 Å². The normalized spacial score (nSPS) is 14.0. The van der Waals surface area contributed by atoms with E-state index in [1.165, 1.54) is 29.6 Å². The van der Waals surface area contributed by atoms with Crippen molar-refractivity contribution >= 4 is 5.91 Å². The van der Waals surface area contributed by atoms with Gasteiger partial charge < -0.3 is 14.4 Å². The molecule has 0 N–H and O–H groups in total. The van der Waals surface area contributed by atoms with Crippen molar-refractivity contribution in [2.24, 2.45) is 14.1 Å². The summed E-state index contributed by atoms with van der Waals surface area (Å²) in [7, 11) is 4.48. The summed E-state index contributed by atoms with van der Waals surface area (Å²) in [5.41, 5.74) is -0.151. The molecule has 0 radical (unpaired) electrons. The van der Waals surface area contributed by atoms with Crippen molar-refractivity contribution in [1.82, 2.24) is 14.0 Å². The Hall–Kier alpha value is -3.03. The topological polar surface area (TPSA) is 82.8 Å². The van der Waals surface area contributed by atoms with E-state index in [1.54, 1.807) is 7.05 Å². The average Bonchev–Trinajstić information content (AvgIpc) is 2.67. The van der Waals surface area contributed by atoms with Gasteiger partial charge in [0.1, 0.15) is 18.9 Å². The Morgan fingerprint density at radius 3 is 2.42 bits per heavy atom. The number of carbonyl (C=O) groups excluding carboxylic acids is 1. The number of amides is 1. The van der Waals surface area contributed by atoms with Gasteiger partial charge in [-0.2, -0.15) is 0 Å². The number of rotatable bonds is 3. The minimum atomic E-state index is -0.541. The Morgan fingerprint density at radius 1 is 1.08 bits per heavy atom. The van der Waals surface area contributed by atoms with E-state index in [9.17, 15) is 14.4 Å². The number of nitrogens with zero attached hydrogens (tertiary/aromatic N) is 3. The zero-order valence-electron chi connectivity index (χ0n) is 15.2. The lowest BCUT2D eigenvalue weighted by Gasteiger charge is -2.27. The number of ether oxygens (including phenoxy) is 2. The maximum Gasteiger partial charge on any atom is 0.331 e. The summed E-state index contributed by atoms with van der Waals surface area (Å²) in [6, 6.07) is 6.40. The maximum atomic E-state index is 12.8. The van der Waals surface area contributed by atoms with Crippen LogP contribution in [0.1, 0.15) is 29.0 Å². The van der Waals surface area contributed by atoms with Crippen LogP contribution in [-0.2, 0) is 14.1 Å². The third-order valence-corrected chi connectivity index (χ3v) is 4.70. The molecule has 2 heterocycles. The van der Waals surface area contributed by atoms with E-state index < -0.39 is 17.2 Å². The van der Waals surface area contributed by atoms with Crippen LogP contribution >= 0.6 is 0 Å². The van der Waals surface area contributed by atoms with Crippen LogP contribution in [0.2, 0.25) is 0 Å². The number of hydrogen-bond donors (Lipinski definition) is 0. The highest BCUT2D eigenvalue weighted by molar-refractivity contribution is 5.92. The first-order valence-electron chi connectivity index (χ1n) is 8.25. The number of carbonyl (C=O) groups is 1. The van der Waals surface area contributed by atoms with Crippen LogP contribution in [0.15, 0.2) is 33.9 Å². The first-order chi connectivity index (χ1) is 12.3. The molecule has 1 aliphatic rings. The smallest absolute Gasteiger partial charge is 0.331 e. The van der Waals surface area contributed by atoms with Gasteiger partial charge in [0.2, 0.25) is 0 Å². The van der Waals surface area contributed by atoms with E-state index >= 15 is 0 Å². The lowest BCUT2D eigenvalue weighted by atomic mass is 10.1. The van der Waals surface area contributed by atoms with Crippen LogP contribution in [0, 0.1) is 0 Å². The Kier molecular flexibility index (Phi) is 4.58. The first kappa shape index (κ1) is 17.8. The van der Waals surface area contributed by atoms with Gasteiger partial charge in [-0.15, -0.1) is 0 Å². The lowest BCUT2D eigenvalue weighted by Crippen LogP contribution is -2.42. The van der Waals surface area contributed by atoms with Crippen molar-refractivity contribution in [2.45, 2.75) is 13.0 Å². The molecule has 0 spiro atoms. The number of benzene rings is 1. The molecule has 1 atom stereocenters. The standard InChI is InChI=1S/C18H21N3O5/c1-11(12-5-6-14-15(9-12)26-8-7-25-14)19(2)17(23)13-10-16(22)21(4)18(24)20(13)3/h5-6,9-11H,7-8H2,1-4H3/t11-/m1/s1. The molecule has 0 fully saturated rings. The Morgan fingerprint density at radius 2 is 1.73 bits per heavy atom. The van der Waals surface area contributed by atoms with Crippen molar-refractivity contribution in [3.63, 3.8) is 0 Å². The minimum absolute atomic E-state index is 0.0463. The molecule has 1 aliphatic heterocycles. The van der Waals surface area contributed by atoms with Gasteiger partial charge in [-0.25, -0.2) is 4.79 Å². The molecule has 3 rings (SSSR count). The quantitative estimate of drug-likeness (QED) is 0.805. The molecule has 1 aromatic heterocycles. The largest absolute Gasteiger partial charge is 0.486 e. The predicted octanol–water partition coefficient (Wildman–Crippen LogP) is 0.688. The van der Waals surface area contributed by atoms with Gasteiger partial charge in [-0.3, -0.25) is 18.7 Å². The highest BCUT2D eigenvalue weighted by Crippen LogP contribution is 2.33. The molecular weight excluding hydrogens is 338 g/mol. The molecule has 1 aromatic carbocycles. The number of aromatic nitrogens is 2. The van der Waals surface area contributed by atoms with Gasteiger partial charge in [-0.1, -0.05) is 6.07 Å². The molecule has 0 aliphatic carbocycles. The van der Waals surface area contributed by atoms with Crippen LogP contribution < -0.4 is 20.7 Å². The fraction of sp³-hybridized carbons (Fsp3) is 0.389. The molecule has 0 unspecified atom stereocenters. The fourth-order valence-electron chi connectivity index (χ4n) is 2.84. The summed E-state index contributed by atoms with van der Waals surface area (Å²) in [4.78, 5) is 38.3. The third kappa shape index (κ3) is 2.98. The summed E-state index contributed by atoms with van der Waals surface area (Å²) in [5.74, 6) is 0.905. The van der Waals surface area contributed by atoms with Crippen LogP contribution in [0.3, 0.4) is 0 Å². The van der Waals surface area contributed by atoms with E-state index in [0.717, 1.165) is 10.1 Å². The molecule has 0 bridgehead atoms. The Balaban J connectivity index is 1.92. The van der Waals surface area contributed by atoms with E-state index in [1.807, 2.05) is 25.1 Å². The fourth-order valence-corrected chi connectivity index (χ4v) is 2.84. The molecule has 0 saturated heterocycles. The van der Waals surface area contributed by atoms with Crippen molar-refractivity contribution in [3.8, 4) is 11.5 Å². The summed E-state index contributed by atoms with van der Waals surface area (Å²) in [6.45, 7) is 2.86. The van der Waals surface area contributed by atoms with E-state index in [0.29, 0.717) is 24.7 Å². The summed E-state index contributed by atoms with van der Waals surface area (Å²) in [6.07, 6.45) is 0. The van der Waals surface area contributed by atoms with Crippen LogP contribution in [0.4, 0.5) is 0 Å². The molecule has 138 valence electrons. The molecule has 0 saturated carbocycles. The minimum Gasteiger partial charge on any atom is -0.486 e. The Bertz CT molecular complexity index is 976. The Labute approximate surface area is 150 Å². The second-order valence-electron chi connectivity index (χ2n) is 6.26. The predicted molar refractivity (Wildman–Crippen MR) is 94.9 cm³/mol. The average molecular weight is 359 g/mol. The highest BCUT2D eigenvalue weighted by Gasteiger charge is 2.24. The second-order valence-corrected chi connectivity index (χ2v) is 6.26. The van der Waals surface area contributed by atoms with Gasteiger partial charge in [0.05, 0.1) is 6.04 Å². The summed E-state index contributed by atoms with van der Waals surface area (Å²) < 4.78 is 13.2. The second kappa shape index (κ2) is 6.70. The molecule has 8 heteroatoms. The molecule has 8 nitrogen and oxygen atoms in total. The number of hydrogen-bond acceptors (Lipinski definition) is 5. The van der Waals surface area contributed by atoms with Gasteiger partial charge in [0.15, 0.2) is 11.5 Å². The molecule has 26 heavy (non-hydrogen) atoms. The SMILES string of the molecule is C[C@H](c1ccc2c(c1)OCCO2)N(C)C(=O)c1cc(=O)n(C)c(=O)n1C. The van der Waals surface area contributed by atoms with Gasteiger partial charge in [0, 0.05) is 27.2 Å². The molecule has 2 aromatic rings. The monoisotopic (exact) mass is 359 g/mol. The van der Waals surface area contributed by atoms with Crippen molar-refractivity contribution in [3.05, 3.63) is 56.4 Å². The first-order valence-corrected chi connectivity index (χ1v) is 8.25. The molecular formula is C18H21N3O5. The van der Waals surface area contributed by atoms with E-state index in [4.69, 9.17) is 9.47 Å². The summed E-state index contributed by atoms with van der Waals surface area (Å²) >= 11 is 0. The van der Waals surface area contributed by atoms with Gasteiger partial charge in [-0.05, 0) is 24.6 Å². The highest BCUT2D eigenvalue weighted by atomic mass is 16.6. The van der Waals surface area contributed by atoms with Crippen molar-refractivity contribution in [2.75, 3.05) is 20.3 Å². The van der Waals surface area contributed by atoms with Crippen molar-refractivity contribution < 1.29 is 14.3 Å². The van der Waals surface area contributed by atoms with Crippen molar-refractivity contribution in [1.29, 1.82) is 0 Å². The zero-order chi connectivity index (χ0) is 19.0.